The second kappa shape index (κ2) is 7.05. The van der Waals surface area contributed by atoms with E-state index < -0.39 is 11.9 Å². The van der Waals surface area contributed by atoms with Gasteiger partial charge in [0.05, 0.1) is 21.7 Å². The fraction of sp³-hybridized carbons (Fsp3) is 0.167. The zero-order valence-corrected chi connectivity index (χ0v) is 15.1. The molecule has 1 aromatic heterocycles. The number of ether oxygens (including phenoxy) is 1. The molecular formula is C18H14N2O4S2. The van der Waals surface area contributed by atoms with Gasteiger partial charge in [0, 0.05) is 25.4 Å². The molecular weight excluding hydrogens is 372 g/mol. The van der Waals surface area contributed by atoms with Crippen molar-refractivity contribution < 1.29 is 19.4 Å². The first-order valence-corrected chi connectivity index (χ1v) is 9.66. The van der Waals surface area contributed by atoms with Crippen LogP contribution in [-0.4, -0.2) is 32.3 Å². The quantitative estimate of drug-likeness (QED) is 0.640. The number of aromatic nitrogens is 2. The number of carbonyl (C=O) groups excluding carboxylic acids is 2. The molecule has 2 aromatic rings. The molecule has 0 fully saturated rings. The summed E-state index contributed by atoms with van der Waals surface area (Å²) in [5.74, 6) is -0.471. The Bertz CT molecular complexity index is 925. The van der Waals surface area contributed by atoms with Gasteiger partial charge in [-0.2, -0.15) is 0 Å². The van der Waals surface area contributed by atoms with Gasteiger partial charge < -0.3 is 14.4 Å². The van der Waals surface area contributed by atoms with E-state index in [0.29, 0.717) is 23.0 Å². The maximum Gasteiger partial charge on any atom is 0.209 e. The molecule has 0 bridgehead atoms. The minimum atomic E-state index is -0.781. The lowest BCUT2D eigenvalue weighted by molar-refractivity contribution is -0.121. The molecule has 8 heteroatoms. The summed E-state index contributed by atoms with van der Waals surface area (Å²) in [7, 11) is 0. The number of rotatable bonds is 3. The highest BCUT2D eigenvalue weighted by Gasteiger charge is 2.37. The number of aryl methyl sites for hydroxylation is 1. The molecule has 132 valence electrons. The van der Waals surface area contributed by atoms with Gasteiger partial charge >= 0.3 is 0 Å². The third-order valence-corrected chi connectivity index (χ3v) is 6.19. The maximum absolute atomic E-state index is 13.1. The molecule has 0 aliphatic carbocycles. The molecule has 1 atom stereocenters. The smallest absolute Gasteiger partial charge is 0.209 e. The van der Waals surface area contributed by atoms with Gasteiger partial charge in [-0.1, -0.05) is 23.5 Å². The molecule has 0 spiro atoms. The predicted molar refractivity (Wildman–Crippen MR) is 100 cm³/mol. The minimum absolute atomic E-state index is 0.0424. The van der Waals surface area contributed by atoms with Crippen LogP contribution in [0.2, 0.25) is 0 Å². The van der Waals surface area contributed by atoms with Gasteiger partial charge in [0.15, 0.2) is 6.10 Å². The molecule has 3 heterocycles. The lowest BCUT2D eigenvalue weighted by atomic mass is 9.98. The van der Waals surface area contributed by atoms with E-state index in [1.54, 1.807) is 12.5 Å². The number of aromatic hydroxyl groups is 1. The number of nitrogens with zero attached hydrogens (tertiary/aromatic N) is 2. The number of imidazole rings is 1. The number of hydrogen-bond donors (Lipinski definition) is 1. The van der Waals surface area contributed by atoms with E-state index in [9.17, 15) is 14.7 Å². The molecule has 6 nitrogen and oxygen atoms in total. The number of Topliss-reactive ketones (excluding diaryl/α,β-unsaturated/α-hetero) is 2. The average molecular weight is 386 g/mol. The Morgan fingerprint density at radius 2 is 2.04 bits per heavy atom. The van der Waals surface area contributed by atoms with Crippen molar-refractivity contribution in [2.24, 2.45) is 0 Å². The highest BCUT2D eigenvalue weighted by Crippen LogP contribution is 2.43. The van der Waals surface area contributed by atoms with Crippen molar-refractivity contribution in [2.45, 2.75) is 19.1 Å². The molecule has 2 aliphatic rings. The standard InChI is InChI=1S/C18H14N2O4S2/c21-11-1-2-13-12(9-11)16(22)15(18-25-7-8-26-18)17(23)14(24-13)3-5-20-6-4-19-10-20/h1-2,4,6-10,14,21H,3,5H2. The Morgan fingerprint density at radius 3 is 2.77 bits per heavy atom. The average Bonchev–Trinajstić information content (AvgIpc) is 3.32. The summed E-state index contributed by atoms with van der Waals surface area (Å²) in [5.41, 5.74) is 0.337. The normalized spacial score (nSPS) is 19.5. The number of hydrogen-bond acceptors (Lipinski definition) is 7. The lowest BCUT2D eigenvalue weighted by Gasteiger charge is -2.16. The molecule has 0 amide bonds. The van der Waals surface area contributed by atoms with Gasteiger partial charge in [-0.25, -0.2) is 4.98 Å². The SMILES string of the molecule is O=C1C(=C2SC=CS2)C(=O)C(CCn2ccnc2)Oc2ccc(O)cc21. The van der Waals surface area contributed by atoms with E-state index in [1.165, 1.54) is 41.7 Å². The van der Waals surface area contributed by atoms with Crippen LogP contribution in [0.5, 0.6) is 11.5 Å². The molecule has 4 rings (SSSR count). The molecule has 0 saturated heterocycles. The van der Waals surface area contributed by atoms with E-state index in [1.807, 2.05) is 21.6 Å². The number of benzene rings is 1. The largest absolute Gasteiger partial charge is 0.508 e. The Kier molecular flexibility index (Phi) is 4.60. The first kappa shape index (κ1) is 17.0. The van der Waals surface area contributed by atoms with Crippen LogP contribution >= 0.6 is 23.5 Å². The van der Waals surface area contributed by atoms with Crippen molar-refractivity contribution in [1.29, 1.82) is 0 Å². The van der Waals surface area contributed by atoms with Crippen LogP contribution in [-0.2, 0) is 11.3 Å². The lowest BCUT2D eigenvalue weighted by Crippen LogP contribution is -2.30. The molecule has 0 radical (unpaired) electrons. The summed E-state index contributed by atoms with van der Waals surface area (Å²) in [5, 5.41) is 13.4. The number of fused-ring (bicyclic) bond motifs is 1. The van der Waals surface area contributed by atoms with E-state index in [0.717, 1.165) is 0 Å². The maximum atomic E-state index is 13.1. The summed E-state index contributed by atoms with van der Waals surface area (Å²) >= 11 is 2.70. The van der Waals surface area contributed by atoms with Crippen LogP contribution in [0, 0.1) is 0 Å². The zero-order chi connectivity index (χ0) is 18.1. The first-order valence-electron chi connectivity index (χ1n) is 7.90. The van der Waals surface area contributed by atoms with Crippen molar-refractivity contribution in [3.8, 4) is 11.5 Å². The Hall–Kier alpha value is -2.45. The number of carbonyl (C=O) groups is 2. The number of thioether (sulfide) groups is 2. The van der Waals surface area contributed by atoms with Crippen LogP contribution < -0.4 is 4.74 Å². The molecule has 2 aliphatic heterocycles. The highest BCUT2D eigenvalue weighted by atomic mass is 32.2. The second-order valence-electron chi connectivity index (χ2n) is 5.74. The van der Waals surface area contributed by atoms with E-state index in [-0.39, 0.29) is 22.7 Å². The number of phenolic OH excluding ortho intramolecular Hbond substituents is 1. The Morgan fingerprint density at radius 1 is 1.23 bits per heavy atom. The molecule has 0 saturated carbocycles. The van der Waals surface area contributed by atoms with Crippen molar-refractivity contribution in [1.82, 2.24) is 9.55 Å². The van der Waals surface area contributed by atoms with Gasteiger partial charge in [0.2, 0.25) is 11.6 Å². The minimum Gasteiger partial charge on any atom is -0.508 e. The summed E-state index contributed by atoms with van der Waals surface area (Å²) < 4.78 is 8.40. The Labute approximate surface area is 157 Å². The predicted octanol–water partition coefficient (Wildman–Crippen LogP) is 3.35. The van der Waals surface area contributed by atoms with Gasteiger partial charge in [-0.15, -0.1) is 0 Å². The van der Waals surface area contributed by atoms with Crippen molar-refractivity contribution in [3.63, 3.8) is 0 Å². The third kappa shape index (κ3) is 3.17. The molecule has 1 unspecified atom stereocenters. The van der Waals surface area contributed by atoms with Crippen molar-refractivity contribution >= 4 is 35.1 Å². The Balaban J connectivity index is 1.73. The molecule has 1 N–H and O–H groups in total. The van der Waals surface area contributed by atoms with Crippen LogP contribution in [0.25, 0.3) is 0 Å². The fourth-order valence-electron chi connectivity index (χ4n) is 2.81. The highest BCUT2D eigenvalue weighted by molar-refractivity contribution is 8.27. The van der Waals surface area contributed by atoms with Crippen LogP contribution in [0.1, 0.15) is 16.8 Å². The zero-order valence-electron chi connectivity index (χ0n) is 13.5. The first-order chi connectivity index (χ1) is 12.6. The monoisotopic (exact) mass is 386 g/mol. The van der Waals surface area contributed by atoms with Crippen LogP contribution in [0.3, 0.4) is 0 Å². The van der Waals surface area contributed by atoms with Gasteiger partial charge in [0.25, 0.3) is 0 Å². The van der Waals surface area contributed by atoms with E-state index in [4.69, 9.17) is 4.74 Å². The number of phenols is 1. The van der Waals surface area contributed by atoms with Crippen LogP contribution in [0.4, 0.5) is 0 Å². The van der Waals surface area contributed by atoms with Crippen molar-refractivity contribution in [2.75, 3.05) is 0 Å². The molecule has 26 heavy (non-hydrogen) atoms. The van der Waals surface area contributed by atoms with E-state index in [2.05, 4.69) is 4.98 Å². The summed E-state index contributed by atoms with van der Waals surface area (Å²) in [6.45, 7) is 0.541. The summed E-state index contributed by atoms with van der Waals surface area (Å²) in [6.07, 6.45) is 4.77. The fourth-order valence-corrected chi connectivity index (χ4v) is 4.68. The van der Waals surface area contributed by atoms with Gasteiger partial charge in [-0.3, -0.25) is 9.59 Å². The van der Waals surface area contributed by atoms with E-state index >= 15 is 0 Å². The topological polar surface area (TPSA) is 81.4 Å². The second-order valence-corrected chi connectivity index (χ2v) is 7.83. The third-order valence-electron chi connectivity index (χ3n) is 4.06. The molecule has 1 aromatic carbocycles. The van der Waals surface area contributed by atoms with Crippen LogP contribution in [0.15, 0.2) is 57.5 Å². The summed E-state index contributed by atoms with van der Waals surface area (Å²) in [6, 6.07) is 4.32. The van der Waals surface area contributed by atoms with Gasteiger partial charge in [0.1, 0.15) is 11.5 Å². The summed E-state index contributed by atoms with van der Waals surface area (Å²) in [4.78, 5) is 30.1. The number of ketones is 2. The van der Waals surface area contributed by atoms with Gasteiger partial charge in [-0.05, 0) is 29.0 Å². The van der Waals surface area contributed by atoms with Crippen molar-refractivity contribution in [3.05, 3.63) is 63.1 Å².